The topological polar surface area (TPSA) is 74.0 Å². The number of halogens is 1. The Balaban J connectivity index is 1.67. The van der Waals surface area contributed by atoms with Crippen LogP contribution in [0.3, 0.4) is 0 Å². The van der Waals surface area contributed by atoms with Gasteiger partial charge in [-0.2, -0.15) is 0 Å². The highest BCUT2D eigenvalue weighted by molar-refractivity contribution is 5.97. The van der Waals surface area contributed by atoms with Gasteiger partial charge in [0.2, 0.25) is 0 Å². The predicted octanol–water partition coefficient (Wildman–Crippen LogP) is 2.77. The number of amides is 1. The van der Waals surface area contributed by atoms with Gasteiger partial charge in [0.15, 0.2) is 0 Å². The predicted molar refractivity (Wildman–Crippen MR) is 103 cm³/mol. The summed E-state index contributed by atoms with van der Waals surface area (Å²) in [6.07, 6.45) is -0.273. The quantitative estimate of drug-likeness (QED) is 0.824. The fourth-order valence-corrected chi connectivity index (χ4v) is 3.07. The molecule has 0 bridgehead atoms. The number of nitrogens with zero attached hydrogens (tertiary/aromatic N) is 1. The first-order valence-electron chi connectivity index (χ1n) is 9.20. The van der Waals surface area contributed by atoms with Crippen LogP contribution < -0.4 is 15.2 Å². The van der Waals surface area contributed by atoms with Crippen LogP contribution in [-0.2, 0) is 4.74 Å². The number of morpholine rings is 1. The van der Waals surface area contributed by atoms with Gasteiger partial charge in [0.05, 0.1) is 25.8 Å². The average molecular weight is 388 g/mol. The Hall–Kier alpha value is -2.64. The Morgan fingerprint density at radius 2 is 2.07 bits per heavy atom. The summed E-state index contributed by atoms with van der Waals surface area (Å²) in [4.78, 5) is 14.8. The molecule has 6 nitrogen and oxygen atoms in total. The molecule has 150 valence electrons. The average Bonchev–Trinajstić information content (AvgIpc) is 2.72. The van der Waals surface area contributed by atoms with E-state index in [9.17, 15) is 9.18 Å². The van der Waals surface area contributed by atoms with Crippen molar-refractivity contribution in [3.8, 4) is 11.5 Å². The summed E-state index contributed by atoms with van der Waals surface area (Å²) < 4.78 is 29.7. The molecule has 1 saturated heterocycles. The molecular weight excluding hydrogens is 363 g/mol. The molecule has 0 saturated carbocycles. The summed E-state index contributed by atoms with van der Waals surface area (Å²) in [5.41, 5.74) is 7.31. The SMILES string of the molecule is COc1ccc([C@H](C)N)cc1C(=O)N1CCOC(COc2ccc(F)cc2)C1. The zero-order valence-electron chi connectivity index (χ0n) is 16.1. The van der Waals surface area contributed by atoms with Crippen molar-refractivity contribution >= 4 is 5.91 Å². The van der Waals surface area contributed by atoms with Crippen LogP contribution in [0.1, 0.15) is 28.9 Å². The third kappa shape index (κ3) is 4.79. The Morgan fingerprint density at radius 3 is 2.75 bits per heavy atom. The zero-order chi connectivity index (χ0) is 20.1. The van der Waals surface area contributed by atoms with E-state index in [2.05, 4.69) is 0 Å². The van der Waals surface area contributed by atoms with E-state index in [1.807, 2.05) is 13.0 Å². The van der Waals surface area contributed by atoms with Crippen molar-refractivity contribution in [3.63, 3.8) is 0 Å². The Bertz CT molecular complexity index is 811. The standard InChI is InChI=1S/C21H25FN2O4/c1-14(23)15-3-8-20(26-2)19(11-15)21(25)24-9-10-27-18(12-24)13-28-17-6-4-16(22)5-7-17/h3-8,11,14,18H,9-10,12-13,23H2,1-2H3/t14-,18?/m0/s1. The second kappa shape index (κ2) is 9.03. The van der Waals surface area contributed by atoms with Gasteiger partial charge in [-0.15, -0.1) is 0 Å². The summed E-state index contributed by atoms with van der Waals surface area (Å²) in [6, 6.07) is 11.0. The van der Waals surface area contributed by atoms with Crippen LogP contribution in [-0.4, -0.2) is 50.3 Å². The molecule has 2 aromatic rings. The first-order valence-corrected chi connectivity index (χ1v) is 9.20. The van der Waals surface area contributed by atoms with Gasteiger partial charge in [-0.3, -0.25) is 4.79 Å². The maximum atomic E-state index is 13.1. The number of hydrogen-bond donors (Lipinski definition) is 1. The normalized spacial score (nSPS) is 17.9. The molecule has 28 heavy (non-hydrogen) atoms. The van der Waals surface area contributed by atoms with Crippen molar-refractivity contribution in [1.29, 1.82) is 0 Å². The van der Waals surface area contributed by atoms with Crippen LogP contribution in [0.5, 0.6) is 11.5 Å². The number of nitrogens with two attached hydrogens (primary N) is 1. The van der Waals surface area contributed by atoms with Crippen LogP contribution in [0, 0.1) is 5.82 Å². The number of carbonyl (C=O) groups excluding carboxylic acids is 1. The molecule has 1 amide bonds. The summed E-state index contributed by atoms with van der Waals surface area (Å²) >= 11 is 0. The van der Waals surface area contributed by atoms with E-state index in [1.54, 1.807) is 29.2 Å². The molecule has 1 aliphatic rings. The highest BCUT2D eigenvalue weighted by Gasteiger charge is 2.27. The fraction of sp³-hybridized carbons (Fsp3) is 0.381. The van der Waals surface area contributed by atoms with Crippen LogP contribution in [0.4, 0.5) is 4.39 Å². The van der Waals surface area contributed by atoms with E-state index >= 15 is 0 Å². The minimum Gasteiger partial charge on any atom is -0.496 e. The highest BCUT2D eigenvalue weighted by atomic mass is 19.1. The van der Waals surface area contributed by atoms with Gasteiger partial charge in [-0.05, 0) is 48.9 Å². The van der Waals surface area contributed by atoms with Gasteiger partial charge < -0.3 is 24.8 Å². The van der Waals surface area contributed by atoms with E-state index < -0.39 is 0 Å². The van der Waals surface area contributed by atoms with Crippen molar-refractivity contribution in [1.82, 2.24) is 4.90 Å². The van der Waals surface area contributed by atoms with E-state index in [-0.39, 0.29) is 30.5 Å². The van der Waals surface area contributed by atoms with Gasteiger partial charge in [0, 0.05) is 12.6 Å². The third-order valence-electron chi connectivity index (χ3n) is 4.66. The minimum atomic E-state index is -0.319. The number of methoxy groups -OCH3 is 1. The van der Waals surface area contributed by atoms with E-state index in [0.29, 0.717) is 36.8 Å². The molecular formula is C21H25FN2O4. The number of carbonyl (C=O) groups is 1. The maximum absolute atomic E-state index is 13.1. The molecule has 7 heteroatoms. The molecule has 0 radical (unpaired) electrons. The van der Waals surface area contributed by atoms with Crippen molar-refractivity contribution < 1.29 is 23.4 Å². The van der Waals surface area contributed by atoms with Crippen LogP contribution in [0.2, 0.25) is 0 Å². The number of ether oxygens (including phenoxy) is 3. The van der Waals surface area contributed by atoms with Crippen molar-refractivity contribution in [2.24, 2.45) is 5.73 Å². The zero-order valence-corrected chi connectivity index (χ0v) is 16.1. The minimum absolute atomic E-state index is 0.130. The lowest BCUT2D eigenvalue weighted by atomic mass is 10.0. The maximum Gasteiger partial charge on any atom is 0.257 e. The fourth-order valence-electron chi connectivity index (χ4n) is 3.07. The summed E-state index contributed by atoms with van der Waals surface area (Å²) in [5.74, 6) is 0.621. The molecule has 0 aliphatic carbocycles. The lowest BCUT2D eigenvalue weighted by Crippen LogP contribution is -2.47. The molecule has 1 aliphatic heterocycles. The Labute approximate surface area is 164 Å². The van der Waals surface area contributed by atoms with Crippen LogP contribution >= 0.6 is 0 Å². The molecule has 1 heterocycles. The van der Waals surface area contributed by atoms with E-state index in [1.165, 1.54) is 19.2 Å². The van der Waals surface area contributed by atoms with Gasteiger partial charge in [-0.1, -0.05) is 6.07 Å². The molecule has 2 aromatic carbocycles. The van der Waals surface area contributed by atoms with Crippen molar-refractivity contribution in [2.75, 3.05) is 33.4 Å². The lowest BCUT2D eigenvalue weighted by molar-refractivity contribution is -0.0401. The van der Waals surface area contributed by atoms with Gasteiger partial charge in [0.1, 0.15) is 30.0 Å². The molecule has 2 atom stereocenters. The number of benzene rings is 2. The van der Waals surface area contributed by atoms with Crippen LogP contribution in [0.15, 0.2) is 42.5 Å². The molecule has 0 spiro atoms. The monoisotopic (exact) mass is 388 g/mol. The van der Waals surface area contributed by atoms with E-state index in [0.717, 1.165) is 5.56 Å². The second-order valence-corrected chi connectivity index (χ2v) is 6.76. The number of rotatable bonds is 6. The second-order valence-electron chi connectivity index (χ2n) is 6.76. The smallest absolute Gasteiger partial charge is 0.257 e. The van der Waals surface area contributed by atoms with E-state index in [4.69, 9.17) is 19.9 Å². The highest BCUT2D eigenvalue weighted by Crippen LogP contribution is 2.25. The Kier molecular flexibility index (Phi) is 6.49. The Morgan fingerprint density at radius 1 is 1.32 bits per heavy atom. The molecule has 2 N–H and O–H groups in total. The summed E-state index contributed by atoms with van der Waals surface area (Å²) in [6.45, 7) is 3.43. The summed E-state index contributed by atoms with van der Waals surface area (Å²) in [7, 11) is 1.54. The largest absolute Gasteiger partial charge is 0.496 e. The molecule has 1 fully saturated rings. The van der Waals surface area contributed by atoms with Crippen LogP contribution in [0.25, 0.3) is 0 Å². The van der Waals surface area contributed by atoms with Crippen molar-refractivity contribution in [2.45, 2.75) is 19.1 Å². The molecule has 1 unspecified atom stereocenters. The summed E-state index contributed by atoms with van der Waals surface area (Å²) in [5, 5.41) is 0. The first-order chi connectivity index (χ1) is 13.5. The van der Waals surface area contributed by atoms with Crippen molar-refractivity contribution in [3.05, 3.63) is 59.4 Å². The lowest BCUT2D eigenvalue weighted by Gasteiger charge is -2.33. The molecule has 0 aromatic heterocycles. The van der Waals surface area contributed by atoms with Gasteiger partial charge in [0.25, 0.3) is 5.91 Å². The third-order valence-corrected chi connectivity index (χ3v) is 4.66. The van der Waals surface area contributed by atoms with Gasteiger partial charge in [-0.25, -0.2) is 4.39 Å². The number of hydrogen-bond acceptors (Lipinski definition) is 5. The first kappa shape index (κ1) is 20.1. The molecule has 3 rings (SSSR count). The van der Waals surface area contributed by atoms with Gasteiger partial charge >= 0.3 is 0 Å².